The topological polar surface area (TPSA) is 99.6 Å². The molecule has 0 aliphatic heterocycles. The van der Waals surface area contributed by atoms with Crippen LogP contribution >= 0.6 is 46.1 Å². The van der Waals surface area contributed by atoms with Crippen molar-refractivity contribution in [1.82, 2.24) is 9.88 Å². The van der Waals surface area contributed by atoms with Gasteiger partial charge >= 0.3 is 0 Å². The molecule has 0 aliphatic carbocycles. The van der Waals surface area contributed by atoms with Crippen molar-refractivity contribution in [2.45, 2.75) is 23.1 Å². The van der Waals surface area contributed by atoms with Crippen molar-refractivity contribution >= 4 is 67.2 Å². The van der Waals surface area contributed by atoms with E-state index < -0.39 is 20.8 Å². The normalized spacial score (nSPS) is 11.6. The van der Waals surface area contributed by atoms with Gasteiger partial charge in [0.2, 0.25) is 0 Å². The molecule has 0 fully saturated rings. The van der Waals surface area contributed by atoms with Crippen molar-refractivity contribution in [3.05, 3.63) is 39.9 Å². The van der Waals surface area contributed by atoms with Crippen LogP contribution in [-0.2, 0) is 21.2 Å². The standard InChI is InChI=1S/C16H18Cl3N3O4S2/c1-10-12(17)3-2-4-13(10)28(25,26)21-16-20-11(9-27-16)5-6-22(7-8-23)15(24)14(18)19/h2-4,9,14,23H,5-8H2,1H3,(H,20,21). The van der Waals surface area contributed by atoms with Gasteiger partial charge in [0, 0.05) is 29.9 Å². The molecule has 0 atom stereocenters. The number of sulfonamides is 1. The highest BCUT2D eigenvalue weighted by atomic mass is 35.5. The summed E-state index contributed by atoms with van der Waals surface area (Å²) in [5.74, 6) is -0.509. The lowest BCUT2D eigenvalue weighted by Gasteiger charge is -2.21. The molecule has 1 heterocycles. The summed E-state index contributed by atoms with van der Waals surface area (Å²) in [4.78, 5) is 16.3. The van der Waals surface area contributed by atoms with Gasteiger partial charge in [-0.25, -0.2) is 13.4 Å². The maximum atomic E-state index is 12.6. The van der Waals surface area contributed by atoms with Crippen LogP contribution in [0.15, 0.2) is 28.5 Å². The molecule has 0 saturated carbocycles. The Morgan fingerprint density at radius 2 is 2.07 bits per heavy atom. The number of hydrogen-bond acceptors (Lipinski definition) is 6. The van der Waals surface area contributed by atoms with Crippen LogP contribution in [0, 0.1) is 6.92 Å². The maximum Gasteiger partial charge on any atom is 0.263 e. The van der Waals surface area contributed by atoms with Gasteiger partial charge in [-0.1, -0.05) is 40.9 Å². The van der Waals surface area contributed by atoms with Gasteiger partial charge in [-0.15, -0.1) is 11.3 Å². The summed E-state index contributed by atoms with van der Waals surface area (Å²) < 4.78 is 27.6. The molecule has 0 bridgehead atoms. The number of alkyl halides is 2. The summed E-state index contributed by atoms with van der Waals surface area (Å²) in [5.41, 5.74) is 1.03. The largest absolute Gasteiger partial charge is 0.395 e. The van der Waals surface area contributed by atoms with Crippen LogP contribution in [0.3, 0.4) is 0 Å². The first-order valence-corrected chi connectivity index (χ1v) is 11.7. The zero-order valence-electron chi connectivity index (χ0n) is 14.7. The zero-order chi connectivity index (χ0) is 20.9. The first-order valence-electron chi connectivity index (χ1n) is 8.06. The van der Waals surface area contributed by atoms with Crippen LogP contribution in [-0.4, -0.2) is 53.8 Å². The molecule has 1 amide bonds. The number of amides is 1. The number of aromatic nitrogens is 1. The summed E-state index contributed by atoms with van der Waals surface area (Å²) in [6, 6.07) is 4.64. The Morgan fingerprint density at radius 1 is 1.36 bits per heavy atom. The fourth-order valence-electron chi connectivity index (χ4n) is 2.36. The van der Waals surface area contributed by atoms with Crippen molar-refractivity contribution in [2.24, 2.45) is 0 Å². The van der Waals surface area contributed by atoms with Crippen LogP contribution in [0.1, 0.15) is 11.3 Å². The number of aliphatic hydroxyl groups is 1. The van der Waals surface area contributed by atoms with Crippen LogP contribution in [0.25, 0.3) is 0 Å². The van der Waals surface area contributed by atoms with Gasteiger partial charge in [0.1, 0.15) is 0 Å². The molecule has 2 N–H and O–H groups in total. The van der Waals surface area contributed by atoms with Crippen molar-refractivity contribution < 1.29 is 18.3 Å². The summed E-state index contributed by atoms with van der Waals surface area (Å²) in [6.07, 6.45) is 0.348. The third-order valence-corrected chi connectivity index (χ3v) is 6.99. The van der Waals surface area contributed by atoms with Crippen LogP contribution in [0.2, 0.25) is 5.02 Å². The fourth-order valence-corrected chi connectivity index (χ4v) is 5.13. The van der Waals surface area contributed by atoms with Gasteiger partial charge in [0.05, 0.1) is 17.2 Å². The van der Waals surface area contributed by atoms with E-state index in [1.54, 1.807) is 24.4 Å². The number of carbonyl (C=O) groups is 1. The van der Waals surface area contributed by atoms with E-state index in [0.29, 0.717) is 22.7 Å². The summed E-state index contributed by atoms with van der Waals surface area (Å²) in [7, 11) is -3.84. The Bertz CT molecular complexity index is 935. The molecular formula is C16H18Cl3N3O4S2. The minimum atomic E-state index is -3.84. The van der Waals surface area contributed by atoms with E-state index in [1.165, 1.54) is 11.0 Å². The zero-order valence-corrected chi connectivity index (χ0v) is 18.6. The van der Waals surface area contributed by atoms with E-state index in [4.69, 9.17) is 39.9 Å². The van der Waals surface area contributed by atoms with Crippen molar-refractivity contribution in [3.63, 3.8) is 0 Å². The Kier molecular flexibility index (Phi) is 8.35. The average Bonchev–Trinajstić information content (AvgIpc) is 3.06. The number of nitrogens with one attached hydrogen (secondary N) is 1. The molecule has 0 radical (unpaired) electrons. The van der Waals surface area contributed by atoms with Gasteiger partial charge < -0.3 is 10.0 Å². The Labute approximate surface area is 182 Å². The molecule has 154 valence electrons. The van der Waals surface area contributed by atoms with Crippen molar-refractivity contribution in [2.75, 3.05) is 24.4 Å². The third-order valence-electron chi connectivity index (χ3n) is 3.79. The number of carbonyl (C=O) groups excluding carboxylic acids is 1. The molecule has 12 heteroatoms. The SMILES string of the molecule is Cc1c(Cl)cccc1S(=O)(=O)Nc1nc(CCN(CCO)C(=O)C(Cl)Cl)cs1. The lowest BCUT2D eigenvalue weighted by molar-refractivity contribution is -0.129. The van der Waals surface area contributed by atoms with Gasteiger partial charge in [0.25, 0.3) is 15.9 Å². The fraction of sp³-hybridized carbons (Fsp3) is 0.375. The van der Waals surface area contributed by atoms with Crippen molar-refractivity contribution in [3.8, 4) is 0 Å². The highest BCUT2D eigenvalue weighted by Crippen LogP contribution is 2.26. The molecule has 0 unspecified atom stereocenters. The minimum absolute atomic E-state index is 0.0757. The smallest absolute Gasteiger partial charge is 0.263 e. The lowest BCUT2D eigenvalue weighted by atomic mass is 10.2. The molecule has 7 nitrogen and oxygen atoms in total. The summed E-state index contributed by atoms with van der Waals surface area (Å²) >= 11 is 18.3. The molecule has 1 aromatic heterocycles. The molecular weight excluding hydrogens is 469 g/mol. The minimum Gasteiger partial charge on any atom is -0.395 e. The van der Waals surface area contributed by atoms with Crippen LogP contribution < -0.4 is 4.72 Å². The Morgan fingerprint density at radius 3 is 2.71 bits per heavy atom. The second-order valence-corrected chi connectivity index (χ2v) is 9.72. The number of rotatable bonds is 9. The number of aliphatic hydroxyl groups excluding tert-OH is 1. The van der Waals surface area contributed by atoms with E-state index in [-0.39, 0.29) is 29.7 Å². The number of hydrogen-bond donors (Lipinski definition) is 2. The van der Waals surface area contributed by atoms with Gasteiger partial charge in [-0.05, 0) is 24.6 Å². The lowest BCUT2D eigenvalue weighted by Crippen LogP contribution is -2.38. The molecule has 0 spiro atoms. The number of halogens is 3. The molecule has 2 rings (SSSR count). The third kappa shape index (κ3) is 5.95. The molecule has 2 aromatic rings. The number of anilines is 1. The van der Waals surface area contributed by atoms with Crippen molar-refractivity contribution in [1.29, 1.82) is 0 Å². The summed E-state index contributed by atoms with van der Waals surface area (Å²) in [6.45, 7) is 1.72. The number of nitrogens with zero attached hydrogens (tertiary/aromatic N) is 2. The second-order valence-electron chi connectivity index (χ2n) is 5.71. The average molecular weight is 487 g/mol. The monoisotopic (exact) mass is 485 g/mol. The van der Waals surface area contributed by atoms with Gasteiger partial charge in [-0.3, -0.25) is 9.52 Å². The van der Waals surface area contributed by atoms with Crippen LogP contribution in [0.5, 0.6) is 0 Å². The van der Waals surface area contributed by atoms with E-state index in [9.17, 15) is 13.2 Å². The number of benzene rings is 1. The highest BCUT2D eigenvalue weighted by molar-refractivity contribution is 7.93. The molecule has 28 heavy (non-hydrogen) atoms. The van der Waals surface area contributed by atoms with E-state index >= 15 is 0 Å². The summed E-state index contributed by atoms with van der Waals surface area (Å²) in [5, 5.41) is 11.3. The highest BCUT2D eigenvalue weighted by Gasteiger charge is 2.21. The van der Waals surface area contributed by atoms with E-state index in [1.807, 2.05) is 0 Å². The van der Waals surface area contributed by atoms with Gasteiger partial charge in [0.15, 0.2) is 9.97 Å². The first-order chi connectivity index (χ1) is 13.2. The predicted molar refractivity (Wildman–Crippen MR) is 112 cm³/mol. The second kappa shape index (κ2) is 10.1. The van der Waals surface area contributed by atoms with Gasteiger partial charge in [-0.2, -0.15) is 0 Å². The van der Waals surface area contributed by atoms with E-state index in [0.717, 1.165) is 11.3 Å². The molecule has 0 aliphatic rings. The predicted octanol–water partition coefficient (Wildman–Crippen LogP) is 3.07. The van der Waals surface area contributed by atoms with Crippen LogP contribution in [0.4, 0.5) is 5.13 Å². The quantitative estimate of drug-likeness (QED) is 0.531. The number of thiazole rings is 1. The first kappa shape index (κ1) is 23.2. The van der Waals surface area contributed by atoms with E-state index in [2.05, 4.69) is 9.71 Å². The molecule has 1 aromatic carbocycles. The molecule has 0 saturated heterocycles. The Hall–Kier alpha value is -1.10. The Balaban J connectivity index is 2.07. The maximum absolute atomic E-state index is 12.6.